The molecular weight excluding hydrogens is 338 g/mol. The van der Waals surface area contributed by atoms with E-state index in [2.05, 4.69) is 4.99 Å². The number of aliphatic imine (C=N–C) groups is 1. The highest BCUT2D eigenvalue weighted by Gasteiger charge is 2.36. The number of carboxylic acids is 1. The zero-order valence-electron chi connectivity index (χ0n) is 12.7. The highest BCUT2D eigenvalue weighted by atomic mass is 35.5. The van der Waals surface area contributed by atoms with Crippen LogP contribution in [0.25, 0.3) is 6.08 Å². The van der Waals surface area contributed by atoms with Crippen molar-refractivity contribution in [3.05, 3.63) is 34.5 Å². The summed E-state index contributed by atoms with van der Waals surface area (Å²) in [6.07, 6.45) is 0.375. The number of carboxylic acid groups (broad SMARTS) is 1. The first kappa shape index (κ1) is 17.9. The van der Waals surface area contributed by atoms with E-state index in [9.17, 15) is 19.8 Å². The number of aliphatic carboxylic acids is 1. The van der Waals surface area contributed by atoms with Crippen molar-refractivity contribution in [2.45, 2.75) is 19.1 Å². The van der Waals surface area contributed by atoms with Gasteiger partial charge in [-0.3, -0.25) is 14.5 Å². The number of amidine groups is 1. The fourth-order valence-electron chi connectivity index (χ4n) is 2.10. The van der Waals surface area contributed by atoms with Crippen molar-refractivity contribution in [1.29, 1.82) is 0 Å². The van der Waals surface area contributed by atoms with Gasteiger partial charge in [0.25, 0.3) is 5.91 Å². The summed E-state index contributed by atoms with van der Waals surface area (Å²) in [4.78, 5) is 28.3. The van der Waals surface area contributed by atoms with Crippen molar-refractivity contribution in [2.75, 3.05) is 6.54 Å². The molecule has 0 fully saturated rings. The Balaban J connectivity index is 2.42. The van der Waals surface area contributed by atoms with Crippen molar-refractivity contribution in [3.8, 4) is 5.75 Å². The molecule has 0 unspecified atom stereocenters. The molecule has 1 aromatic carbocycles. The maximum Gasteiger partial charge on any atom is 0.323 e. The molecule has 0 bridgehead atoms. The summed E-state index contributed by atoms with van der Waals surface area (Å²) in [5.41, 5.74) is 6.26. The number of phenols is 1. The van der Waals surface area contributed by atoms with Crippen LogP contribution in [0, 0.1) is 0 Å². The smallest absolute Gasteiger partial charge is 0.323 e. The lowest BCUT2D eigenvalue weighted by molar-refractivity contribution is -0.140. The van der Waals surface area contributed by atoms with Crippen molar-refractivity contribution >= 4 is 35.4 Å². The van der Waals surface area contributed by atoms with E-state index in [4.69, 9.17) is 22.4 Å². The fraction of sp³-hybridized carbons (Fsp3) is 0.267. The van der Waals surface area contributed by atoms with Crippen molar-refractivity contribution in [3.63, 3.8) is 0 Å². The zero-order chi connectivity index (χ0) is 18.0. The molecule has 0 aromatic heterocycles. The van der Waals surface area contributed by atoms with Crippen molar-refractivity contribution in [2.24, 2.45) is 10.7 Å². The van der Waals surface area contributed by atoms with E-state index in [0.717, 1.165) is 4.90 Å². The van der Waals surface area contributed by atoms with Gasteiger partial charge in [-0.15, -0.1) is 0 Å². The third kappa shape index (κ3) is 3.73. The van der Waals surface area contributed by atoms with Crippen LogP contribution < -0.4 is 5.73 Å². The molecular formula is C15H16ClN3O5. The van der Waals surface area contributed by atoms with Crippen LogP contribution in [0.15, 0.2) is 28.9 Å². The minimum Gasteiger partial charge on any atom is -0.506 e. The quantitative estimate of drug-likeness (QED) is 0.566. The van der Waals surface area contributed by atoms with Gasteiger partial charge in [-0.05, 0) is 30.7 Å². The summed E-state index contributed by atoms with van der Waals surface area (Å²) in [5.74, 6) is -2.01. The largest absolute Gasteiger partial charge is 0.506 e. The number of rotatable bonds is 5. The van der Waals surface area contributed by atoms with E-state index in [0.29, 0.717) is 5.56 Å². The SMILES string of the molecule is C[C@@H](O)[C@H](N)C1=N/C(=C\c2ccc(O)c(Cl)c2)C(=O)N1CC(=O)O. The molecule has 2 atom stereocenters. The number of nitrogens with two attached hydrogens (primary N) is 1. The molecule has 0 saturated heterocycles. The Morgan fingerprint density at radius 1 is 1.50 bits per heavy atom. The fourth-order valence-corrected chi connectivity index (χ4v) is 2.29. The molecule has 9 heteroatoms. The molecule has 0 saturated carbocycles. The van der Waals surface area contributed by atoms with Crippen molar-refractivity contribution < 1.29 is 24.9 Å². The summed E-state index contributed by atoms with van der Waals surface area (Å²) in [6, 6.07) is 3.30. The van der Waals surface area contributed by atoms with Crippen LogP contribution >= 0.6 is 11.6 Å². The Bertz CT molecular complexity index is 745. The second-order valence-corrected chi connectivity index (χ2v) is 5.67. The topological polar surface area (TPSA) is 136 Å². The zero-order valence-corrected chi connectivity index (χ0v) is 13.4. The van der Waals surface area contributed by atoms with Crippen LogP contribution in [0.1, 0.15) is 12.5 Å². The van der Waals surface area contributed by atoms with Crippen LogP contribution in [0.4, 0.5) is 0 Å². The Hall–Kier alpha value is -2.42. The third-order valence-corrected chi connectivity index (χ3v) is 3.66. The second kappa shape index (κ2) is 7.00. The molecule has 8 nitrogen and oxygen atoms in total. The summed E-state index contributed by atoms with van der Waals surface area (Å²) < 4.78 is 0. The molecule has 128 valence electrons. The number of hydrogen-bond donors (Lipinski definition) is 4. The Morgan fingerprint density at radius 3 is 2.71 bits per heavy atom. The minimum absolute atomic E-state index is 0.0199. The Labute approximate surface area is 142 Å². The summed E-state index contributed by atoms with van der Waals surface area (Å²) >= 11 is 5.81. The van der Waals surface area contributed by atoms with Gasteiger partial charge in [0.05, 0.1) is 17.2 Å². The normalized spacial score (nSPS) is 18.7. The molecule has 1 aliphatic heterocycles. The molecule has 1 aromatic rings. The predicted molar refractivity (Wildman–Crippen MR) is 87.5 cm³/mol. The van der Waals surface area contributed by atoms with Crippen LogP contribution in [-0.4, -0.2) is 56.6 Å². The van der Waals surface area contributed by atoms with E-state index >= 15 is 0 Å². The number of aliphatic hydroxyl groups excluding tert-OH is 1. The van der Waals surface area contributed by atoms with Crippen LogP contribution in [0.5, 0.6) is 5.75 Å². The number of aliphatic hydroxyl groups is 1. The maximum atomic E-state index is 12.4. The lowest BCUT2D eigenvalue weighted by Crippen LogP contribution is -2.50. The molecule has 0 aliphatic carbocycles. The van der Waals surface area contributed by atoms with Crippen LogP contribution in [0.2, 0.25) is 5.02 Å². The van der Waals surface area contributed by atoms with Gasteiger partial charge < -0.3 is 21.1 Å². The highest BCUT2D eigenvalue weighted by Crippen LogP contribution is 2.26. The van der Waals surface area contributed by atoms with Gasteiger partial charge in [0, 0.05) is 0 Å². The average Bonchev–Trinajstić information content (AvgIpc) is 2.79. The lowest BCUT2D eigenvalue weighted by atomic mass is 10.1. The summed E-state index contributed by atoms with van der Waals surface area (Å²) in [5, 5.41) is 28.1. The van der Waals surface area contributed by atoms with E-state index < -0.39 is 30.6 Å². The number of amides is 1. The average molecular weight is 354 g/mol. The molecule has 1 aliphatic rings. The Morgan fingerprint density at radius 2 is 2.17 bits per heavy atom. The van der Waals surface area contributed by atoms with Gasteiger partial charge in [0.1, 0.15) is 23.8 Å². The number of benzene rings is 1. The van der Waals surface area contributed by atoms with Gasteiger partial charge in [-0.25, -0.2) is 4.99 Å². The highest BCUT2D eigenvalue weighted by molar-refractivity contribution is 6.32. The summed E-state index contributed by atoms with van der Waals surface area (Å²) in [7, 11) is 0. The van der Waals surface area contributed by atoms with Gasteiger partial charge in [-0.1, -0.05) is 17.7 Å². The lowest BCUT2D eigenvalue weighted by Gasteiger charge is -2.22. The number of carbonyl (C=O) groups is 2. The molecule has 0 spiro atoms. The van der Waals surface area contributed by atoms with Gasteiger partial charge >= 0.3 is 5.97 Å². The first-order valence-electron chi connectivity index (χ1n) is 6.96. The minimum atomic E-state index is -1.23. The standard InChI is InChI=1S/C15H16ClN3O5/c1-7(20)13(17)14-18-10(15(24)19(14)6-12(22)23)5-8-2-3-11(21)9(16)4-8/h2-5,7,13,20-21H,6,17H2,1H3,(H,22,23)/b10-5-/t7-,13+/m1/s1. The number of nitrogens with zero attached hydrogens (tertiary/aromatic N) is 2. The van der Waals surface area contributed by atoms with Gasteiger partial charge in [0.15, 0.2) is 0 Å². The summed E-state index contributed by atoms with van der Waals surface area (Å²) in [6.45, 7) is 0.795. The first-order chi connectivity index (χ1) is 11.2. The molecule has 2 rings (SSSR count). The van der Waals surface area contributed by atoms with Gasteiger partial charge in [-0.2, -0.15) is 0 Å². The van der Waals surface area contributed by atoms with E-state index in [1.807, 2.05) is 0 Å². The molecule has 0 radical (unpaired) electrons. The molecule has 24 heavy (non-hydrogen) atoms. The number of halogens is 1. The Kier molecular flexibility index (Phi) is 5.23. The first-order valence-corrected chi connectivity index (χ1v) is 7.34. The third-order valence-electron chi connectivity index (χ3n) is 3.36. The molecule has 1 heterocycles. The predicted octanol–water partition coefficient (Wildman–Crippen LogP) is 0.420. The number of hydrogen-bond acceptors (Lipinski definition) is 6. The van der Waals surface area contributed by atoms with E-state index in [-0.39, 0.29) is 22.3 Å². The monoisotopic (exact) mass is 353 g/mol. The van der Waals surface area contributed by atoms with E-state index in [1.54, 1.807) is 0 Å². The molecule has 1 amide bonds. The van der Waals surface area contributed by atoms with E-state index in [1.165, 1.54) is 31.2 Å². The number of aromatic hydroxyl groups is 1. The number of phenolic OH excluding ortho intramolecular Hbond substituents is 1. The number of carbonyl (C=O) groups excluding carboxylic acids is 1. The second-order valence-electron chi connectivity index (χ2n) is 5.26. The maximum absolute atomic E-state index is 12.4. The van der Waals surface area contributed by atoms with Crippen LogP contribution in [0.3, 0.4) is 0 Å². The van der Waals surface area contributed by atoms with Gasteiger partial charge in [0.2, 0.25) is 0 Å². The van der Waals surface area contributed by atoms with Crippen molar-refractivity contribution in [1.82, 2.24) is 4.90 Å². The van der Waals surface area contributed by atoms with Crippen LogP contribution in [-0.2, 0) is 9.59 Å². The molecule has 5 N–H and O–H groups in total.